The molecule has 1 aliphatic rings. The van der Waals surface area contributed by atoms with E-state index in [1.807, 2.05) is 0 Å². The standard InChI is InChI=1S/C17H28F3N5O/c1-12-10-25(11-13(2)26-12)8-6-5-7-21-16-22-14(17(18,19)20)9-15(23-16)24(3)4/h9,12-13H,5-8,10-11H2,1-4H3,(H,21,22,23). The van der Waals surface area contributed by atoms with Crippen molar-refractivity contribution in [1.82, 2.24) is 14.9 Å². The third-order valence-electron chi connectivity index (χ3n) is 4.14. The van der Waals surface area contributed by atoms with Crippen molar-refractivity contribution in [3.8, 4) is 0 Å². The van der Waals surface area contributed by atoms with Crippen LogP contribution in [0.4, 0.5) is 24.9 Å². The largest absolute Gasteiger partial charge is 0.433 e. The number of rotatable bonds is 7. The van der Waals surface area contributed by atoms with E-state index < -0.39 is 11.9 Å². The molecule has 0 bridgehead atoms. The Labute approximate surface area is 152 Å². The summed E-state index contributed by atoms with van der Waals surface area (Å²) in [4.78, 5) is 11.6. The average Bonchev–Trinajstić information content (AvgIpc) is 2.52. The zero-order valence-electron chi connectivity index (χ0n) is 15.8. The molecule has 2 atom stereocenters. The zero-order valence-corrected chi connectivity index (χ0v) is 15.8. The number of ether oxygens (including phenoxy) is 1. The van der Waals surface area contributed by atoms with Crippen LogP contribution in [0.3, 0.4) is 0 Å². The van der Waals surface area contributed by atoms with E-state index in [1.54, 1.807) is 14.1 Å². The van der Waals surface area contributed by atoms with E-state index in [-0.39, 0.29) is 24.0 Å². The lowest BCUT2D eigenvalue weighted by molar-refractivity contribution is -0.141. The Morgan fingerprint density at radius 1 is 1.19 bits per heavy atom. The smallest absolute Gasteiger partial charge is 0.373 e. The van der Waals surface area contributed by atoms with Crippen LogP contribution >= 0.6 is 0 Å². The molecule has 2 rings (SSSR count). The summed E-state index contributed by atoms with van der Waals surface area (Å²) >= 11 is 0. The van der Waals surface area contributed by atoms with Crippen LogP contribution in [0.25, 0.3) is 0 Å². The molecule has 1 fully saturated rings. The van der Waals surface area contributed by atoms with Crippen LogP contribution in [0.15, 0.2) is 6.07 Å². The molecule has 0 amide bonds. The van der Waals surface area contributed by atoms with Crippen LogP contribution < -0.4 is 10.2 Å². The Balaban J connectivity index is 1.82. The van der Waals surface area contributed by atoms with Gasteiger partial charge < -0.3 is 15.0 Å². The monoisotopic (exact) mass is 375 g/mol. The predicted molar refractivity (Wildman–Crippen MR) is 95.5 cm³/mol. The zero-order chi connectivity index (χ0) is 19.3. The molecule has 1 aromatic heterocycles. The molecule has 6 nitrogen and oxygen atoms in total. The van der Waals surface area contributed by atoms with Gasteiger partial charge in [0.25, 0.3) is 0 Å². The van der Waals surface area contributed by atoms with Gasteiger partial charge in [0.05, 0.1) is 12.2 Å². The molecular formula is C17H28F3N5O. The fourth-order valence-corrected chi connectivity index (χ4v) is 3.02. The third-order valence-corrected chi connectivity index (χ3v) is 4.14. The van der Waals surface area contributed by atoms with Crippen molar-refractivity contribution in [2.24, 2.45) is 0 Å². The number of unbranched alkanes of at least 4 members (excludes halogenated alkanes) is 1. The highest BCUT2D eigenvalue weighted by molar-refractivity contribution is 5.44. The minimum Gasteiger partial charge on any atom is -0.373 e. The van der Waals surface area contributed by atoms with Crippen LogP contribution in [-0.2, 0) is 10.9 Å². The summed E-state index contributed by atoms with van der Waals surface area (Å²) in [5.74, 6) is 0.239. The van der Waals surface area contributed by atoms with E-state index in [0.717, 1.165) is 38.5 Å². The van der Waals surface area contributed by atoms with Gasteiger partial charge in [-0.3, -0.25) is 4.90 Å². The first kappa shape index (κ1) is 20.7. The summed E-state index contributed by atoms with van der Waals surface area (Å²) in [5, 5.41) is 2.92. The molecule has 2 unspecified atom stereocenters. The lowest BCUT2D eigenvalue weighted by Crippen LogP contribution is -2.45. The maximum Gasteiger partial charge on any atom is 0.433 e. The van der Waals surface area contributed by atoms with Crippen LogP contribution in [0.5, 0.6) is 0 Å². The Hall–Kier alpha value is -1.61. The van der Waals surface area contributed by atoms with E-state index in [4.69, 9.17) is 4.74 Å². The van der Waals surface area contributed by atoms with Crippen molar-refractivity contribution >= 4 is 11.8 Å². The van der Waals surface area contributed by atoms with Gasteiger partial charge in [-0.2, -0.15) is 18.2 Å². The molecule has 1 saturated heterocycles. The fraction of sp³-hybridized carbons (Fsp3) is 0.765. The molecule has 0 spiro atoms. The predicted octanol–water partition coefficient (Wildman–Crippen LogP) is 2.86. The highest BCUT2D eigenvalue weighted by atomic mass is 19.4. The second-order valence-electron chi connectivity index (χ2n) is 6.98. The van der Waals surface area contributed by atoms with Gasteiger partial charge in [-0.15, -0.1) is 0 Å². The average molecular weight is 375 g/mol. The van der Waals surface area contributed by atoms with E-state index >= 15 is 0 Å². The van der Waals surface area contributed by atoms with Crippen molar-refractivity contribution in [2.45, 2.75) is 45.1 Å². The van der Waals surface area contributed by atoms with Crippen LogP contribution in [-0.4, -0.2) is 67.4 Å². The lowest BCUT2D eigenvalue weighted by atomic mass is 10.2. The molecule has 0 radical (unpaired) electrons. The van der Waals surface area contributed by atoms with E-state index in [0.29, 0.717) is 6.54 Å². The van der Waals surface area contributed by atoms with E-state index in [9.17, 15) is 13.2 Å². The molecular weight excluding hydrogens is 347 g/mol. The maximum atomic E-state index is 13.0. The van der Waals surface area contributed by atoms with Crippen LogP contribution in [0.1, 0.15) is 32.4 Å². The van der Waals surface area contributed by atoms with E-state index in [1.165, 1.54) is 4.90 Å². The minimum atomic E-state index is -4.49. The minimum absolute atomic E-state index is 0.0112. The topological polar surface area (TPSA) is 53.5 Å². The number of nitrogens with zero attached hydrogens (tertiary/aromatic N) is 4. The maximum absolute atomic E-state index is 13.0. The summed E-state index contributed by atoms with van der Waals surface area (Å²) in [6.45, 7) is 7.45. The molecule has 26 heavy (non-hydrogen) atoms. The van der Waals surface area contributed by atoms with Crippen molar-refractivity contribution in [3.63, 3.8) is 0 Å². The van der Waals surface area contributed by atoms with Gasteiger partial charge in [0.15, 0.2) is 5.69 Å². The number of halogens is 3. The number of morpholine rings is 1. The third kappa shape index (κ3) is 6.28. The molecule has 9 heteroatoms. The first-order chi connectivity index (χ1) is 12.1. The quantitative estimate of drug-likeness (QED) is 0.740. The van der Waals surface area contributed by atoms with Crippen LogP contribution in [0, 0.1) is 0 Å². The number of alkyl halides is 3. The Bertz CT molecular complexity index is 572. The molecule has 1 aliphatic heterocycles. The Morgan fingerprint density at radius 2 is 1.85 bits per heavy atom. The number of anilines is 2. The molecule has 0 aliphatic carbocycles. The molecule has 148 valence electrons. The first-order valence-electron chi connectivity index (χ1n) is 8.90. The molecule has 1 N–H and O–H groups in total. The lowest BCUT2D eigenvalue weighted by Gasteiger charge is -2.35. The van der Waals surface area contributed by atoms with Crippen molar-refractivity contribution in [3.05, 3.63) is 11.8 Å². The molecule has 0 aromatic carbocycles. The van der Waals surface area contributed by atoms with E-state index in [2.05, 4.69) is 34.0 Å². The van der Waals surface area contributed by atoms with Crippen LogP contribution in [0.2, 0.25) is 0 Å². The Kier molecular flexibility index (Phi) is 7.05. The van der Waals surface area contributed by atoms with Gasteiger partial charge in [0.2, 0.25) is 5.95 Å². The van der Waals surface area contributed by atoms with Gasteiger partial charge in [-0.25, -0.2) is 4.98 Å². The number of aromatic nitrogens is 2. The number of hydrogen-bond acceptors (Lipinski definition) is 6. The fourth-order valence-electron chi connectivity index (χ4n) is 3.02. The van der Waals surface area contributed by atoms with Gasteiger partial charge in [0, 0.05) is 39.8 Å². The Morgan fingerprint density at radius 3 is 2.42 bits per heavy atom. The SMILES string of the molecule is CC1CN(CCCCNc2nc(N(C)C)cc(C(F)(F)F)n2)CC(C)O1. The summed E-state index contributed by atoms with van der Waals surface area (Å²) < 4.78 is 44.6. The summed E-state index contributed by atoms with van der Waals surface area (Å²) in [7, 11) is 3.30. The summed E-state index contributed by atoms with van der Waals surface area (Å²) in [6, 6.07) is 0.950. The first-order valence-corrected chi connectivity index (χ1v) is 8.90. The van der Waals surface area contributed by atoms with Crippen molar-refractivity contribution < 1.29 is 17.9 Å². The van der Waals surface area contributed by atoms with Gasteiger partial charge >= 0.3 is 6.18 Å². The van der Waals surface area contributed by atoms with Gasteiger partial charge in [-0.1, -0.05) is 0 Å². The second-order valence-corrected chi connectivity index (χ2v) is 6.98. The highest BCUT2D eigenvalue weighted by Gasteiger charge is 2.34. The highest BCUT2D eigenvalue weighted by Crippen LogP contribution is 2.30. The number of nitrogens with one attached hydrogen (secondary N) is 1. The van der Waals surface area contributed by atoms with Gasteiger partial charge in [0.1, 0.15) is 5.82 Å². The summed E-state index contributed by atoms with van der Waals surface area (Å²) in [5.41, 5.74) is -0.935. The molecule has 0 saturated carbocycles. The molecule has 2 heterocycles. The van der Waals surface area contributed by atoms with Crippen molar-refractivity contribution in [2.75, 3.05) is 50.5 Å². The molecule has 1 aromatic rings. The summed E-state index contributed by atoms with van der Waals surface area (Å²) in [6.07, 6.45) is -2.24. The number of hydrogen-bond donors (Lipinski definition) is 1. The van der Waals surface area contributed by atoms with Crippen molar-refractivity contribution in [1.29, 1.82) is 0 Å². The normalized spacial score (nSPS) is 21.7. The second kappa shape index (κ2) is 8.85. The van der Waals surface area contributed by atoms with Gasteiger partial charge in [-0.05, 0) is 33.2 Å².